The van der Waals surface area contributed by atoms with E-state index < -0.39 is 0 Å². The quantitative estimate of drug-likeness (QED) is 0.543. The standard InChI is InChI=1S/C7H9.C2H6.W/c1-4-6-7(3)5-2;1-2;/h2,5-6H,1,3H3;1-2H3;/q-1;;. The molecule has 0 nitrogen and oxygen atoms in total. The maximum absolute atomic E-state index is 5.22. The van der Waals surface area contributed by atoms with Gasteiger partial charge in [0.15, 0.2) is 0 Å². The Labute approximate surface area is 75.4 Å². The van der Waals surface area contributed by atoms with Gasteiger partial charge in [0.05, 0.1) is 0 Å². The van der Waals surface area contributed by atoms with Crippen molar-refractivity contribution >= 4 is 3.90 Å². The first-order valence-corrected chi connectivity index (χ1v) is 4.87. The molecule has 0 aliphatic carbocycles. The molecule has 0 saturated heterocycles. The van der Waals surface area contributed by atoms with Gasteiger partial charge in [-0.25, -0.2) is 0 Å². The van der Waals surface area contributed by atoms with Gasteiger partial charge in [0.2, 0.25) is 0 Å². The second-order valence-corrected chi connectivity index (χ2v) is 3.98. The van der Waals surface area contributed by atoms with Gasteiger partial charge < -0.3 is 0 Å². The van der Waals surface area contributed by atoms with E-state index in [1.54, 1.807) is 6.08 Å². The first-order valence-electron chi connectivity index (χ1n) is 3.40. The molecule has 0 rings (SSSR count). The van der Waals surface area contributed by atoms with Crippen molar-refractivity contribution in [3.63, 3.8) is 0 Å². The molecule has 0 saturated carbocycles. The van der Waals surface area contributed by atoms with Gasteiger partial charge in [0, 0.05) is 0 Å². The fourth-order valence-corrected chi connectivity index (χ4v) is 1.04. The van der Waals surface area contributed by atoms with Gasteiger partial charge in [-0.3, -0.25) is 0 Å². The van der Waals surface area contributed by atoms with E-state index in [0.717, 1.165) is 5.57 Å². The van der Waals surface area contributed by atoms with E-state index in [-0.39, 0.29) is 0 Å². The Hall–Kier alpha value is 0.0383. The molecule has 0 aromatic carbocycles. The number of allylic oxidation sites excluding steroid dienone is 3. The Balaban J connectivity index is 0. The zero-order valence-electron chi connectivity index (χ0n) is 7.14. The molecule has 0 aromatic rings. The van der Waals surface area contributed by atoms with Crippen molar-refractivity contribution in [1.82, 2.24) is 0 Å². The molecular formula is C9H15W-. The number of hydrogen-bond donors (Lipinski definition) is 0. The molecule has 0 heterocycles. The molecule has 0 atom stereocenters. The minimum atomic E-state index is 1.14. The first-order chi connectivity index (χ1) is 4.66. The number of rotatable bonds is 2. The molecule has 0 aliphatic rings. The van der Waals surface area contributed by atoms with Crippen molar-refractivity contribution in [3.05, 3.63) is 24.3 Å². The Morgan fingerprint density at radius 2 is 1.70 bits per heavy atom. The summed E-state index contributed by atoms with van der Waals surface area (Å²) in [6.07, 6.45) is 3.70. The van der Waals surface area contributed by atoms with Gasteiger partial charge in [-0.05, 0) is 0 Å². The Morgan fingerprint density at radius 1 is 1.30 bits per heavy atom. The van der Waals surface area contributed by atoms with Crippen LogP contribution in [0.4, 0.5) is 0 Å². The van der Waals surface area contributed by atoms with Crippen molar-refractivity contribution in [3.8, 4) is 0 Å². The fourth-order valence-electron chi connectivity index (χ4n) is 0.369. The van der Waals surface area contributed by atoms with Gasteiger partial charge in [0.1, 0.15) is 0 Å². The van der Waals surface area contributed by atoms with Crippen LogP contribution in [0.25, 0.3) is 0 Å². The van der Waals surface area contributed by atoms with Crippen LogP contribution in [-0.4, -0.2) is 3.90 Å². The zero-order valence-corrected chi connectivity index (χ0v) is 10.1. The summed E-state index contributed by atoms with van der Waals surface area (Å²) in [6.45, 7) is 13.3. The molecule has 58 valence electrons. The monoisotopic (exact) mass is 307 g/mol. The van der Waals surface area contributed by atoms with Crippen LogP contribution in [0.1, 0.15) is 27.7 Å². The predicted molar refractivity (Wildman–Crippen MR) is 44.7 cm³/mol. The molecular weight excluding hydrogens is 292 g/mol. The molecule has 10 heavy (non-hydrogen) atoms. The first kappa shape index (κ1) is 12.7. The summed E-state index contributed by atoms with van der Waals surface area (Å²) in [4.78, 5) is 0. The summed E-state index contributed by atoms with van der Waals surface area (Å²) in [5, 5.41) is 0. The minimum absolute atomic E-state index is 1.14. The van der Waals surface area contributed by atoms with E-state index in [2.05, 4.69) is 13.0 Å². The van der Waals surface area contributed by atoms with Crippen LogP contribution in [0.15, 0.2) is 17.7 Å². The van der Waals surface area contributed by atoms with E-state index >= 15 is 0 Å². The van der Waals surface area contributed by atoms with Gasteiger partial charge in [0.25, 0.3) is 0 Å². The second-order valence-electron chi connectivity index (χ2n) is 1.67. The van der Waals surface area contributed by atoms with Crippen molar-refractivity contribution in [2.75, 3.05) is 0 Å². The molecule has 0 spiro atoms. The Morgan fingerprint density at radius 3 is 1.80 bits per heavy atom. The molecule has 0 amide bonds. The van der Waals surface area contributed by atoms with Crippen LogP contribution in [-0.2, 0) is 19.4 Å². The molecule has 0 radical (unpaired) electrons. The third kappa shape index (κ3) is 10.9. The van der Waals surface area contributed by atoms with E-state index in [4.69, 9.17) is 6.58 Å². The van der Waals surface area contributed by atoms with Crippen molar-refractivity contribution in [1.29, 1.82) is 0 Å². The average Bonchev–Trinajstić information content (AvgIpc) is 1.91. The third-order valence-electron chi connectivity index (χ3n) is 0.694. The topological polar surface area (TPSA) is 0 Å². The van der Waals surface area contributed by atoms with Crippen LogP contribution in [0.3, 0.4) is 0 Å². The SMILES string of the molecule is CC.[CH-]=CC(C)=C[C](C)=[W]. The summed E-state index contributed by atoms with van der Waals surface area (Å²) in [5.41, 5.74) is 1.14. The summed E-state index contributed by atoms with van der Waals surface area (Å²) < 4.78 is 1.37. The van der Waals surface area contributed by atoms with E-state index in [1.807, 2.05) is 20.8 Å². The third-order valence-corrected chi connectivity index (χ3v) is 1.12. The van der Waals surface area contributed by atoms with Crippen LogP contribution < -0.4 is 0 Å². The summed E-state index contributed by atoms with van der Waals surface area (Å²) in [7, 11) is 0. The summed E-state index contributed by atoms with van der Waals surface area (Å²) in [5.74, 6) is 0. The van der Waals surface area contributed by atoms with Crippen LogP contribution >= 0.6 is 0 Å². The van der Waals surface area contributed by atoms with Gasteiger partial charge in [-0.15, -0.1) is 0 Å². The van der Waals surface area contributed by atoms with E-state index in [1.165, 1.54) is 23.3 Å². The van der Waals surface area contributed by atoms with Crippen LogP contribution in [0.5, 0.6) is 0 Å². The van der Waals surface area contributed by atoms with Crippen LogP contribution in [0, 0.1) is 6.58 Å². The predicted octanol–water partition coefficient (Wildman–Crippen LogP) is 2.69. The van der Waals surface area contributed by atoms with Crippen LogP contribution in [0.2, 0.25) is 0 Å². The fraction of sp³-hybridized carbons (Fsp3) is 0.444. The van der Waals surface area contributed by atoms with E-state index in [9.17, 15) is 0 Å². The summed E-state index contributed by atoms with van der Waals surface area (Å²) in [6, 6.07) is 0. The zero-order chi connectivity index (χ0) is 8.57. The van der Waals surface area contributed by atoms with Crippen molar-refractivity contribution in [2.24, 2.45) is 0 Å². The molecule has 0 bridgehead atoms. The van der Waals surface area contributed by atoms with Gasteiger partial charge >= 0.3 is 61.4 Å². The Kier molecular flexibility index (Phi) is 11.5. The van der Waals surface area contributed by atoms with Crippen molar-refractivity contribution < 1.29 is 19.4 Å². The van der Waals surface area contributed by atoms with Gasteiger partial charge in [-0.2, -0.15) is 0 Å². The molecule has 0 aromatic heterocycles. The second kappa shape index (κ2) is 9.04. The van der Waals surface area contributed by atoms with Crippen molar-refractivity contribution in [2.45, 2.75) is 27.7 Å². The normalized spacial score (nSPS) is 9.40. The van der Waals surface area contributed by atoms with E-state index in [0.29, 0.717) is 0 Å². The summed E-state index contributed by atoms with van der Waals surface area (Å²) >= 11 is 1.50. The molecule has 0 fully saturated rings. The maximum atomic E-state index is 5.22. The molecule has 0 N–H and O–H groups in total. The average molecular weight is 307 g/mol. The number of hydrogen-bond acceptors (Lipinski definition) is 0. The molecule has 0 aliphatic heterocycles. The Bertz CT molecular complexity index is 132. The molecule has 0 unspecified atom stereocenters. The molecule has 1 heteroatoms. The van der Waals surface area contributed by atoms with Gasteiger partial charge in [-0.1, -0.05) is 13.8 Å².